The molecule has 0 radical (unpaired) electrons. The zero-order valence-electron chi connectivity index (χ0n) is 7.66. The minimum atomic E-state index is 0.378. The van der Waals surface area contributed by atoms with Crippen LogP contribution in [0.3, 0.4) is 0 Å². The van der Waals surface area contributed by atoms with Gasteiger partial charge in [-0.3, -0.25) is 0 Å². The van der Waals surface area contributed by atoms with Crippen molar-refractivity contribution in [1.29, 1.82) is 0 Å². The minimum absolute atomic E-state index is 0.378. The largest absolute Gasteiger partial charge is 0.382 e. The van der Waals surface area contributed by atoms with Crippen LogP contribution in [-0.2, 0) is 4.74 Å². The second kappa shape index (κ2) is 3.98. The topological polar surface area (TPSA) is 48.1 Å². The van der Waals surface area contributed by atoms with Gasteiger partial charge in [-0.1, -0.05) is 17.7 Å². The fourth-order valence-electron chi connectivity index (χ4n) is 1.41. The molecule has 0 aliphatic carbocycles. The fourth-order valence-corrected chi connectivity index (χ4v) is 1.58. The van der Waals surface area contributed by atoms with Crippen LogP contribution in [0.2, 0.25) is 5.02 Å². The van der Waals surface area contributed by atoms with Crippen molar-refractivity contribution in [2.75, 3.05) is 18.9 Å². The number of anilines is 1. The van der Waals surface area contributed by atoms with E-state index in [-0.39, 0.29) is 0 Å². The zero-order valence-corrected chi connectivity index (χ0v) is 8.42. The minimum Gasteiger partial charge on any atom is -0.382 e. The number of nitrogens with zero attached hydrogens (tertiary/aromatic N) is 1. The van der Waals surface area contributed by atoms with Crippen molar-refractivity contribution in [1.82, 2.24) is 4.98 Å². The van der Waals surface area contributed by atoms with E-state index >= 15 is 0 Å². The predicted octanol–water partition coefficient (Wildman–Crippen LogP) is 2.12. The molecule has 0 spiro atoms. The molecule has 0 aromatic carbocycles. The Morgan fingerprint density at radius 1 is 1.50 bits per heavy atom. The molecule has 2 rings (SSSR count). The van der Waals surface area contributed by atoms with Crippen LogP contribution >= 0.6 is 11.6 Å². The molecule has 4 heteroatoms. The van der Waals surface area contributed by atoms with Crippen molar-refractivity contribution in [3.8, 4) is 0 Å². The van der Waals surface area contributed by atoms with Crippen LogP contribution in [0.5, 0.6) is 0 Å². The van der Waals surface area contributed by atoms with Gasteiger partial charge in [-0.05, 0) is 23.6 Å². The molecule has 0 bridgehead atoms. The van der Waals surface area contributed by atoms with Crippen molar-refractivity contribution >= 4 is 23.0 Å². The summed E-state index contributed by atoms with van der Waals surface area (Å²) in [4.78, 5) is 4.02. The van der Waals surface area contributed by atoms with E-state index in [1.807, 2.05) is 12.1 Å². The summed E-state index contributed by atoms with van der Waals surface area (Å²) in [6, 6.07) is 1.85. The first-order valence-corrected chi connectivity index (χ1v) is 4.83. The Bertz CT molecular complexity index is 376. The average Bonchev–Trinajstić information content (AvgIpc) is 2.23. The first kappa shape index (κ1) is 9.49. The molecule has 1 aromatic rings. The molecule has 1 aliphatic rings. The van der Waals surface area contributed by atoms with E-state index in [4.69, 9.17) is 22.1 Å². The van der Waals surface area contributed by atoms with Gasteiger partial charge in [0.2, 0.25) is 0 Å². The third-order valence-electron chi connectivity index (χ3n) is 2.20. The number of nitrogens with two attached hydrogens (primary N) is 1. The Morgan fingerprint density at radius 2 is 2.36 bits per heavy atom. The molecule has 74 valence electrons. The zero-order chi connectivity index (χ0) is 9.97. The lowest BCUT2D eigenvalue weighted by molar-refractivity contribution is 0.161. The lowest BCUT2D eigenvalue weighted by Gasteiger charge is -2.13. The number of aromatic nitrogens is 1. The maximum Gasteiger partial charge on any atom is 0.142 e. The van der Waals surface area contributed by atoms with E-state index < -0.39 is 0 Å². The number of hydrogen-bond donors (Lipinski definition) is 1. The Morgan fingerprint density at radius 3 is 3.00 bits per heavy atom. The van der Waals surface area contributed by atoms with Gasteiger partial charge in [0.1, 0.15) is 5.82 Å². The molecule has 2 heterocycles. The summed E-state index contributed by atoms with van der Waals surface area (Å²) in [6.07, 6.45) is 4.70. The van der Waals surface area contributed by atoms with Crippen molar-refractivity contribution < 1.29 is 4.74 Å². The number of ether oxygens (including phenoxy) is 1. The van der Waals surface area contributed by atoms with Gasteiger partial charge in [-0.2, -0.15) is 0 Å². The Kier molecular flexibility index (Phi) is 2.70. The maximum absolute atomic E-state index is 5.89. The smallest absolute Gasteiger partial charge is 0.142 e. The summed E-state index contributed by atoms with van der Waals surface area (Å²) >= 11 is 5.89. The molecule has 0 amide bonds. The molecule has 1 aromatic heterocycles. The summed E-state index contributed by atoms with van der Waals surface area (Å²) in [5.41, 5.74) is 7.79. The van der Waals surface area contributed by atoms with E-state index in [2.05, 4.69) is 4.98 Å². The summed E-state index contributed by atoms with van der Waals surface area (Å²) in [7, 11) is 0. The van der Waals surface area contributed by atoms with Crippen molar-refractivity contribution in [2.24, 2.45) is 0 Å². The lowest BCUT2D eigenvalue weighted by Crippen LogP contribution is -2.04. The highest BCUT2D eigenvalue weighted by molar-refractivity contribution is 6.32. The lowest BCUT2D eigenvalue weighted by atomic mass is 10.0. The van der Waals surface area contributed by atoms with Gasteiger partial charge >= 0.3 is 0 Å². The molecule has 14 heavy (non-hydrogen) atoms. The molecule has 1 aliphatic heterocycles. The standard InChI is InChI=1S/C10H11ClN2O/c11-9-5-8(6-13-10(9)12)7-1-3-14-4-2-7/h1,5-6H,2-4H2,(H2,12,13). The Labute approximate surface area is 87.5 Å². The SMILES string of the molecule is Nc1ncc(C2=CCOCC2)cc1Cl. The molecular weight excluding hydrogens is 200 g/mol. The number of pyridine rings is 1. The van der Waals surface area contributed by atoms with Crippen LogP contribution in [0.4, 0.5) is 5.82 Å². The van der Waals surface area contributed by atoms with Gasteiger partial charge in [0.15, 0.2) is 0 Å². The number of nitrogen functional groups attached to an aromatic ring is 1. The number of halogens is 1. The van der Waals surface area contributed by atoms with Crippen molar-refractivity contribution in [2.45, 2.75) is 6.42 Å². The first-order chi connectivity index (χ1) is 6.77. The third kappa shape index (κ3) is 1.89. The molecule has 0 saturated heterocycles. The molecule has 0 saturated carbocycles. The molecule has 2 N–H and O–H groups in total. The highest BCUT2D eigenvalue weighted by Crippen LogP contribution is 2.25. The van der Waals surface area contributed by atoms with Gasteiger partial charge < -0.3 is 10.5 Å². The second-order valence-electron chi connectivity index (χ2n) is 3.15. The predicted molar refractivity (Wildman–Crippen MR) is 57.1 cm³/mol. The molecular formula is C10H11ClN2O. The van der Waals surface area contributed by atoms with Crippen molar-refractivity contribution in [3.05, 3.63) is 28.9 Å². The van der Waals surface area contributed by atoms with Crippen molar-refractivity contribution in [3.63, 3.8) is 0 Å². The molecule has 0 fully saturated rings. The Hall–Kier alpha value is -1.06. The van der Waals surface area contributed by atoms with Crippen LogP contribution in [0.1, 0.15) is 12.0 Å². The number of hydrogen-bond acceptors (Lipinski definition) is 3. The van der Waals surface area contributed by atoms with E-state index in [9.17, 15) is 0 Å². The van der Waals surface area contributed by atoms with Gasteiger partial charge in [0.25, 0.3) is 0 Å². The van der Waals surface area contributed by atoms with E-state index in [0.717, 1.165) is 18.6 Å². The molecule has 3 nitrogen and oxygen atoms in total. The summed E-state index contributed by atoms with van der Waals surface area (Å²) in [5.74, 6) is 0.378. The van der Waals surface area contributed by atoms with Gasteiger partial charge in [-0.25, -0.2) is 4.98 Å². The van der Waals surface area contributed by atoms with E-state index in [1.165, 1.54) is 5.57 Å². The Balaban J connectivity index is 2.32. The highest BCUT2D eigenvalue weighted by Gasteiger charge is 2.08. The second-order valence-corrected chi connectivity index (χ2v) is 3.55. The quantitative estimate of drug-likeness (QED) is 0.773. The maximum atomic E-state index is 5.89. The first-order valence-electron chi connectivity index (χ1n) is 4.45. The van der Waals surface area contributed by atoms with Gasteiger partial charge in [-0.15, -0.1) is 0 Å². The monoisotopic (exact) mass is 210 g/mol. The van der Waals surface area contributed by atoms with E-state index in [0.29, 0.717) is 17.4 Å². The molecule has 0 unspecified atom stereocenters. The van der Waals surface area contributed by atoms with Crippen LogP contribution in [0, 0.1) is 0 Å². The molecule has 0 atom stereocenters. The van der Waals surface area contributed by atoms with Gasteiger partial charge in [0.05, 0.1) is 18.2 Å². The summed E-state index contributed by atoms with van der Waals surface area (Å²) in [6.45, 7) is 1.42. The van der Waals surface area contributed by atoms with Crippen LogP contribution in [-0.4, -0.2) is 18.2 Å². The van der Waals surface area contributed by atoms with Crippen LogP contribution < -0.4 is 5.73 Å². The van der Waals surface area contributed by atoms with Gasteiger partial charge in [0, 0.05) is 6.20 Å². The fraction of sp³-hybridized carbons (Fsp3) is 0.300. The highest BCUT2D eigenvalue weighted by atomic mass is 35.5. The van der Waals surface area contributed by atoms with Crippen LogP contribution in [0.25, 0.3) is 5.57 Å². The summed E-state index contributed by atoms with van der Waals surface area (Å²) in [5, 5.41) is 0.509. The normalized spacial score (nSPS) is 16.5. The summed E-state index contributed by atoms with van der Waals surface area (Å²) < 4.78 is 5.22. The average molecular weight is 211 g/mol. The van der Waals surface area contributed by atoms with Crippen LogP contribution in [0.15, 0.2) is 18.3 Å². The number of rotatable bonds is 1. The van der Waals surface area contributed by atoms with E-state index in [1.54, 1.807) is 6.20 Å². The third-order valence-corrected chi connectivity index (χ3v) is 2.51.